The number of carbonyl (C=O) groups is 1. The molecule has 0 aromatic carbocycles. The van der Waals surface area contributed by atoms with Gasteiger partial charge in [-0.3, -0.25) is 9.48 Å². The van der Waals surface area contributed by atoms with Crippen LogP contribution in [0.15, 0.2) is 34.1 Å². The third-order valence-electron chi connectivity index (χ3n) is 4.88. The molecule has 144 valence electrons. The van der Waals surface area contributed by atoms with Crippen LogP contribution in [0.2, 0.25) is 0 Å². The molecule has 0 aliphatic carbocycles. The number of fused-ring (bicyclic) bond motifs is 1. The first-order valence-electron chi connectivity index (χ1n) is 9.11. The molecule has 1 unspecified atom stereocenters. The Morgan fingerprint density at radius 3 is 2.71 bits per heavy atom. The molecule has 0 spiro atoms. The summed E-state index contributed by atoms with van der Waals surface area (Å²) in [6.07, 6.45) is 0. The highest BCUT2D eigenvalue weighted by molar-refractivity contribution is 7.13. The summed E-state index contributed by atoms with van der Waals surface area (Å²) in [6, 6.07) is 7.64. The second-order valence-electron chi connectivity index (χ2n) is 7.00. The number of furan rings is 1. The van der Waals surface area contributed by atoms with Gasteiger partial charge >= 0.3 is 0 Å². The van der Waals surface area contributed by atoms with Gasteiger partial charge in [0.1, 0.15) is 11.5 Å². The van der Waals surface area contributed by atoms with Crippen LogP contribution >= 0.6 is 11.3 Å². The van der Waals surface area contributed by atoms with Gasteiger partial charge < -0.3 is 9.73 Å². The van der Waals surface area contributed by atoms with Crippen LogP contribution in [0.1, 0.15) is 46.1 Å². The first-order valence-corrected chi connectivity index (χ1v) is 9.99. The Labute approximate surface area is 167 Å². The fourth-order valence-electron chi connectivity index (χ4n) is 3.61. The summed E-state index contributed by atoms with van der Waals surface area (Å²) in [4.78, 5) is 19.0. The first kappa shape index (κ1) is 18.4. The van der Waals surface area contributed by atoms with Gasteiger partial charge in [-0.05, 0) is 51.3 Å². The van der Waals surface area contributed by atoms with Crippen molar-refractivity contribution >= 4 is 28.3 Å². The molecule has 4 heterocycles. The molecule has 0 bridgehead atoms. The molecule has 0 aliphatic rings. The van der Waals surface area contributed by atoms with E-state index < -0.39 is 0 Å². The van der Waals surface area contributed by atoms with E-state index in [9.17, 15) is 4.79 Å². The van der Waals surface area contributed by atoms with Gasteiger partial charge in [-0.1, -0.05) is 6.07 Å². The van der Waals surface area contributed by atoms with Crippen molar-refractivity contribution in [2.45, 2.75) is 33.7 Å². The molecular weight excluding hydrogens is 372 g/mol. The Morgan fingerprint density at radius 1 is 1.29 bits per heavy atom. The number of amides is 1. The van der Waals surface area contributed by atoms with Crippen LogP contribution in [0.3, 0.4) is 0 Å². The van der Waals surface area contributed by atoms with Crippen molar-refractivity contribution < 1.29 is 9.21 Å². The van der Waals surface area contributed by atoms with Crippen LogP contribution in [0.4, 0.5) is 0 Å². The Bertz CT molecular complexity index is 1170. The van der Waals surface area contributed by atoms with Crippen LogP contribution in [-0.4, -0.2) is 20.7 Å². The normalized spacial score (nSPS) is 12.5. The zero-order valence-corrected chi connectivity index (χ0v) is 17.3. The number of hydrogen-bond donors (Lipinski definition) is 1. The van der Waals surface area contributed by atoms with Crippen LogP contribution < -0.4 is 5.32 Å². The van der Waals surface area contributed by atoms with E-state index in [1.807, 2.05) is 64.4 Å². The number of hydrogen-bond acceptors (Lipinski definition) is 5. The molecule has 0 fully saturated rings. The average molecular weight is 395 g/mol. The van der Waals surface area contributed by atoms with E-state index in [1.165, 1.54) is 0 Å². The maximum Gasteiger partial charge on any atom is 0.252 e. The number of nitrogens with zero attached hydrogens (tertiary/aromatic N) is 3. The van der Waals surface area contributed by atoms with Gasteiger partial charge in [0.15, 0.2) is 5.65 Å². The molecule has 0 saturated carbocycles. The zero-order chi connectivity index (χ0) is 20.0. The molecule has 4 rings (SSSR count). The Morgan fingerprint density at radius 2 is 2.07 bits per heavy atom. The summed E-state index contributed by atoms with van der Waals surface area (Å²) >= 11 is 1.60. The quantitative estimate of drug-likeness (QED) is 0.544. The molecule has 4 aromatic rings. The molecule has 7 heteroatoms. The second kappa shape index (κ2) is 6.91. The number of thiophene rings is 1. The maximum absolute atomic E-state index is 13.2. The minimum Gasteiger partial charge on any atom is -0.466 e. The van der Waals surface area contributed by atoms with E-state index in [2.05, 4.69) is 10.4 Å². The van der Waals surface area contributed by atoms with Gasteiger partial charge in [0, 0.05) is 12.6 Å². The van der Waals surface area contributed by atoms with Crippen molar-refractivity contribution in [3.05, 3.63) is 58.0 Å². The minimum absolute atomic E-state index is 0.146. The standard InChI is InChI=1S/C21H22N4O2S/c1-11-9-15(14(4)27-11)12(2)22-21(26)16-10-17(18-7-6-8-28-18)23-20-19(16)13(3)24-25(20)5/h6-10,12H,1-5H3,(H,22,26). The van der Waals surface area contributed by atoms with Gasteiger partial charge in [-0.25, -0.2) is 4.98 Å². The van der Waals surface area contributed by atoms with E-state index in [4.69, 9.17) is 9.40 Å². The number of aromatic nitrogens is 3. The third kappa shape index (κ3) is 3.11. The van der Waals surface area contributed by atoms with Gasteiger partial charge in [-0.2, -0.15) is 5.10 Å². The summed E-state index contributed by atoms with van der Waals surface area (Å²) in [5, 5.41) is 10.4. The number of pyridine rings is 1. The van der Waals surface area contributed by atoms with Crippen molar-refractivity contribution in [3.8, 4) is 10.6 Å². The van der Waals surface area contributed by atoms with Crippen molar-refractivity contribution in [3.63, 3.8) is 0 Å². The van der Waals surface area contributed by atoms with Crippen LogP contribution in [0, 0.1) is 20.8 Å². The SMILES string of the molecule is Cc1cc(C(C)NC(=O)c2cc(-c3cccs3)nc3c2c(C)nn3C)c(C)o1. The highest BCUT2D eigenvalue weighted by atomic mass is 32.1. The highest BCUT2D eigenvalue weighted by Crippen LogP contribution is 2.30. The lowest BCUT2D eigenvalue weighted by molar-refractivity contribution is 0.0941. The van der Waals surface area contributed by atoms with Crippen molar-refractivity contribution in [1.29, 1.82) is 0 Å². The van der Waals surface area contributed by atoms with Crippen molar-refractivity contribution in [2.75, 3.05) is 0 Å². The average Bonchev–Trinajstić information content (AvgIpc) is 3.35. The molecule has 4 aromatic heterocycles. The van der Waals surface area contributed by atoms with Gasteiger partial charge in [0.05, 0.1) is 33.3 Å². The Kier molecular flexibility index (Phi) is 4.55. The lowest BCUT2D eigenvalue weighted by Crippen LogP contribution is -2.27. The van der Waals surface area contributed by atoms with Crippen molar-refractivity contribution in [2.24, 2.45) is 7.05 Å². The van der Waals surface area contributed by atoms with Crippen LogP contribution in [0.5, 0.6) is 0 Å². The molecule has 0 aliphatic heterocycles. The Balaban J connectivity index is 1.78. The van der Waals surface area contributed by atoms with E-state index in [1.54, 1.807) is 16.0 Å². The fraction of sp³-hybridized carbons (Fsp3) is 0.286. The van der Waals surface area contributed by atoms with Crippen molar-refractivity contribution in [1.82, 2.24) is 20.1 Å². The summed E-state index contributed by atoms with van der Waals surface area (Å²) in [5.41, 5.74) is 3.84. The molecule has 0 radical (unpaired) electrons. The largest absolute Gasteiger partial charge is 0.466 e. The molecule has 0 saturated heterocycles. The molecule has 1 amide bonds. The minimum atomic E-state index is -0.171. The lowest BCUT2D eigenvalue weighted by Gasteiger charge is -2.14. The van der Waals surface area contributed by atoms with Crippen LogP contribution in [-0.2, 0) is 7.05 Å². The smallest absolute Gasteiger partial charge is 0.252 e. The monoisotopic (exact) mass is 394 g/mol. The third-order valence-corrected chi connectivity index (χ3v) is 5.77. The first-order chi connectivity index (χ1) is 13.3. The number of aryl methyl sites for hydroxylation is 4. The number of carbonyl (C=O) groups excluding carboxylic acids is 1. The number of nitrogens with one attached hydrogen (secondary N) is 1. The fourth-order valence-corrected chi connectivity index (χ4v) is 4.29. The second-order valence-corrected chi connectivity index (χ2v) is 7.95. The molecule has 28 heavy (non-hydrogen) atoms. The van der Waals surface area contributed by atoms with E-state index in [0.29, 0.717) is 11.2 Å². The van der Waals surface area contributed by atoms with Crippen LogP contribution in [0.25, 0.3) is 21.6 Å². The van der Waals surface area contributed by atoms with E-state index in [0.717, 1.165) is 38.7 Å². The van der Waals surface area contributed by atoms with Gasteiger partial charge in [0.2, 0.25) is 0 Å². The summed E-state index contributed by atoms with van der Waals surface area (Å²) in [6.45, 7) is 7.68. The predicted octanol–water partition coefficient (Wildman–Crippen LogP) is 4.71. The molecule has 6 nitrogen and oxygen atoms in total. The van der Waals surface area contributed by atoms with E-state index >= 15 is 0 Å². The molecule has 1 atom stereocenters. The molecule has 1 N–H and O–H groups in total. The maximum atomic E-state index is 13.2. The summed E-state index contributed by atoms with van der Waals surface area (Å²) in [7, 11) is 1.85. The summed E-state index contributed by atoms with van der Waals surface area (Å²) < 4.78 is 7.34. The summed E-state index contributed by atoms with van der Waals surface area (Å²) in [5.74, 6) is 1.51. The highest BCUT2D eigenvalue weighted by Gasteiger charge is 2.22. The molecular formula is C21H22N4O2S. The lowest BCUT2D eigenvalue weighted by atomic mass is 10.1. The van der Waals surface area contributed by atoms with Gasteiger partial charge in [-0.15, -0.1) is 11.3 Å². The van der Waals surface area contributed by atoms with E-state index in [-0.39, 0.29) is 11.9 Å². The predicted molar refractivity (Wildman–Crippen MR) is 111 cm³/mol. The van der Waals surface area contributed by atoms with Gasteiger partial charge in [0.25, 0.3) is 5.91 Å². The topological polar surface area (TPSA) is 73.0 Å². The number of rotatable bonds is 4. The zero-order valence-electron chi connectivity index (χ0n) is 16.5. The Hall–Kier alpha value is -2.93.